The van der Waals surface area contributed by atoms with Crippen LogP contribution in [0.3, 0.4) is 0 Å². The number of imidazole rings is 1. The average Bonchev–Trinajstić information content (AvgIpc) is 2.89. The first kappa shape index (κ1) is 10.3. The van der Waals surface area contributed by atoms with Gasteiger partial charge in [0.2, 0.25) is 11.9 Å². The predicted molar refractivity (Wildman–Crippen MR) is 55.1 cm³/mol. The highest BCUT2D eigenvalue weighted by molar-refractivity contribution is 5.88. The molecule has 0 saturated heterocycles. The van der Waals surface area contributed by atoms with E-state index in [0.717, 1.165) is 0 Å². The molecule has 4 N–H and O–H groups in total. The number of nitrogens with one attached hydrogen (secondary N) is 2. The summed E-state index contributed by atoms with van der Waals surface area (Å²) >= 11 is 0. The lowest BCUT2D eigenvalue weighted by Crippen LogP contribution is -2.19. The van der Waals surface area contributed by atoms with Gasteiger partial charge in [-0.25, -0.2) is 9.67 Å². The molecule has 16 heavy (non-hydrogen) atoms. The second kappa shape index (κ2) is 4.53. The maximum atomic E-state index is 11.5. The topological polar surface area (TPSA) is 115 Å². The maximum Gasteiger partial charge on any atom is 0.248 e. The summed E-state index contributed by atoms with van der Waals surface area (Å²) < 4.78 is 1.42. The Balaban J connectivity index is 1.92. The number of amides is 1. The first-order chi connectivity index (χ1) is 7.78. The Labute approximate surface area is 90.9 Å². The molecule has 8 nitrogen and oxygen atoms in total. The summed E-state index contributed by atoms with van der Waals surface area (Å²) in [5, 5.41) is 10.1. The van der Waals surface area contributed by atoms with E-state index in [-0.39, 0.29) is 12.5 Å². The Morgan fingerprint density at radius 2 is 2.50 bits per heavy atom. The molecule has 2 aromatic heterocycles. The maximum absolute atomic E-state index is 11.5. The summed E-state index contributed by atoms with van der Waals surface area (Å²) in [4.78, 5) is 18.1. The molecule has 0 aromatic carbocycles. The van der Waals surface area contributed by atoms with Crippen LogP contribution in [0.15, 0.2) is 18.6 Å². The zero-order valence-electron chi connectivity index (χ0n) is 8.42. The molecule has 0 aliphatic heterocycles. The van der Waals surface area contributed by atoms with E-state index in [1.807, 2.05) is 0 Å². The highest BCUT2D eigenvalue weighted by atomic mass is 16.2. The van der Waals surface area contributed by atoms with Crippen molar-refractivity contribution in [1.82, 2.24) is 25.0 Å². The third-order valence-corrected chi connectivity index (χ3v) is 1.86. The van der Waals surface area contributed by atoms with Crippen LogP contribution in [0.1, 0.15) is 5.69 Å². The third-order valence-electron chi connectivity index (χ3n) is 1.86. The molecule has 84 valence electrons. The number of hydrogen-bond donors (Lipinski definition) is 3. The molecule has 0 fully saturated rings. The fourth-order valence-electron chi connectivity index (χ4n) is 1.16. The molecule has 0 bridgehead atoms. The zero-order valence-corrected chi connectivity index (χ0v) is 8.42. The third kappa shape index (κ3) is 2.42. The number of aromatic amines is 1. The summed E-state index contributed by atoms with van der Waals surface area (Å²) in [7, 11) is 0. The summed E-state index contributed by atoms with van der Waals surface area (Å²) in [6.45, 7) is 0.382. The van der Waals surface area contributed by atoms with Crippen LogP contribution in [-0.2, 0) is 17.9 Å². The molecule has 0 radical (unpaired) electrons. The smallest absolute Gasteiger partial charge is 0.248 e. The highest BCUT2D eigenvalue weighted by Gasteiger charge is 2.06. The van der Waals surface area contributed by atoms with Gasteiger partial charge in [0.05, 0.1) is 11.9 Å². The van der Waals surface area contributed by atoms with Crippen LogP contribution in [0.4, 0.5) is 5.95 Å². The van der Waals surface area contributed by atoms with Crippen molar-refractivity contribution in [3.63, 3.8) is 0 Å². The van der Waals surface area contributed by atoms with E-state index in [9.17, 15) is 4.79 Å². The average molecular weight is 221 g/mol. The van der Waals surface area contributed by atoms with E-state index in [2.05, 4.69) is 25.6 Å². The number of H-pyrrole nitrogens is 1. The normalized spacial score (nSPS) is 10.3. The minimum atomic E-state index is -0.233. The Hall–Kier alpha value is -2.22. The van der Waals surface area contributed by atoms with Crippen molar-refractivity contribution >= 4 is 11.9 Å². The minimum Gasteiger partial charge on any atom is -0.331 e. The molecule has 0 aliphatic rings. The van der Waals surface area contributed by atoms with Crippen LogP contribution in [0.5, 0.6) is 0 Å². The standard InChI is InChI=1S/C8H11N7O/c9-3-6-4-15(14-13-6)5-7(16)12-8-10-1-2-11-8/h1-2,4H,3,5,9H2,(H2,10,11,12,16). The molecule has 0 unspecified atom stereocenters. The quantitative estimate of drug-likeness (QED) is 0.618. The lowest BCUT2D eigenvalue weighted by atomic mass is 10.5. The monoisotopic (exact) mass is 221 g/mol. The Bertz CT molecular complexity index is 460. The second-order valence-corrected chi connectivity index (χ2v) is 3.10. The molecule has 0 saturated carbocycles. The number of rotatable bonds is 4. The Morgan fingerprint density at radius 1 is 1.62 bits per heavy atom. The lowest BCUT2D eigenvalue weighted by molar-refractivity contribution is -0.117. The zero-order chi connectivity index (χ0) is 11.4. The van der Waals surface area contributed by atoms with Gasteiger partial charge in [0, 0.05) is 18.9 Å². The fraction of sp³-hybridized carbons (Fsp3) is 0.250. The minimum absolute atomic E-state index is 0.0771. The van der Waals surface area contributed by atoms with E-state index in [1.165, 1.54) is 4.68 Å². The largest absolute Gasteiger partial charge is 0.331 e. The summed E-state index contributed by atoms with van der Waals surface area (Å²) in [5.41, 5.74) is 6.02. The van der Waals surface area contributed by atoms with Gasteiger partial charge in [-0.1, -0.05) is 5.21 Å². The molecule has 2 rings (SSSR count). The number of aromatic nitrogens is 5. The number of carbonyl (C=O) groups excluding carboxylic acids is 1. The van der Waals surface area contributed by atoms with E-state index in [1.54, 1.807) is 18.6 Å². The van der Waals surface area contributed by atoms with Gasteiger partial charge in [0.25, 0.3) is 0 Å². The highest BCUT2D eigenvalue weighted by Crippen LogP contribution is 1.96. The number of carbonyl (C=O) groups is 1. The first-order valence-corrected chi connectivity index (χ1v) is 4.66. The SMILES string of the molecule is NCc1cn(CC(=O)Nc2ncc[nH]2)nn1. The van der Waals surface area contributed by atoms with Gasteiger partial charge < -0.3 is 10.7 Å². The van der Waals surface area contributed by atoms with Crippen molar-refractivity contribution in [3.05, 3.63) is 24.3 Å². The Morgan fingerprint density at radius 3 is 3.12 bits per heavy atom. The summed E-state index contributed by atoms with van der Waals surface area (Å²) in [6, 6.07) is 0. The van der Waals surface area contributed by atoms with Gasteiger partial charge in [-0.2, -0.15) is 0 Å². The molecule has 0 atom stereocenters. The lowest BCUT2D eigenvalue weighted by Gasteiger charge is -2.00. The molecule has 2 aromatic rings. The predicted octanol–water partition coefficient (Wildman–Crippen LogP) is -0.901. The molecule has 0 spiro atoms. The number of hydrogen-bond acceptors (Lipinski definition) is 5. The molecular weight excluding hydrogens is 210 g/mol. The van der Waals surface area contributed by atoms with Crippen molar-refractivity contribution in [3.8, 4) is 0 Å². The van der Waals surface area contributed by atoms with Crippen LogP contribution >= 0.6 is 0 Å². The van der Waals surface area contributed by atoms with Gasteiger partial charge in [0.15, 0.2) is 0 Å². The van der Waals surface area contributed by atoms with Crippen LogP contribution in [0.2, 0.25) is 0 Å². The fourth-order valence-corrected chi connectivity index (χ4v) is 1.16. The number of anilines is 1. The van der Waals surface area contributed by atoms with Crippen molar-refractivity contribution in [2.24, 2.45) is 5.73 Å². The summed E-state index contributed by atoms with van der Waals surface area (Å²) in [5.74, 6) is 0.174. The van der Waals surface area contributed by atoms with E-state index < -0.39 is 0 Å². The van der Waals surface area contributed by atoms with E-state index in [4.69, 9.17) is 5.73 Å². The number of nitrogens with zero attached hydrogens (tertiary/aromatic N) is 4. The van der Waals surface area contributed by atoms with Crippen molar-refractivity contribution < 1.29 is 4.79 Å². The molecular formula is C8H11N7O. The molecule has 0 aliphatic carbocycles. The van der Waals surface area contributed by atoms with Crippen molar-refractivity contribution in [1.29, 1.82) is 0 Å². The molecule has 8 heteroatoms. The van der Waals surface area contributed by atoms with Crippen molar-refractivity contribution in [2.75, 3.05) is 5.32 Å². The van der Waals surface area contributed by atoms with Crippen LogP contribution < -0.4 is 11.1 Å². The first-order valence-electron chi connectivity index (χ1n) is 4.66. The van der Waals surface area contributed by atoms with E-state index in [0.29, 0.717) is 18.2 Å². The molecule has 2 heterocycles. The van der Waals surface area contributed by atoms with Crippen LogP contribution in [-0.4, -0.2) is 30.9 Å². The number of nitrogens with two attached hydrogens (primary N) is 1. The second-order valence-electron chi connectivity index (χ2n) is 3.10. The van der Waals surface area contributed by atoms with Gasteiger partial charge in [0.1, 0.15) is 6.54 Å². The van der Waals surface area contributed by atoms with Crippen molar-refractivity contribution in [2.45, 2.75) is 13.1 Å². The van der Waals surface area contributed by atoms with Gasteiger partial charge in [-0.3, -0.25) is 10.1 Å². The summed E-state index contributed by atoms with van der Waals surface area (Å²) in [6.07, 6.45) is 4.80. The van der Waals surface area contributed by atoms with E-state index >= 15 is 0 Å². The van der Waals surface area contributed by atoms with Crippen LogP contribution in [0, 0.1) is 0 Å². The van der Waals surface area contributed by atoms with Gasteiger partial charge in [-0.15, -0.1) is 5.10 Å². The van der Waals surface area contributed by atoms with Crippen LogP contribution in [0.25, 0.3) is 0 Å². The molecule has 1 amide bonds. The van der Waals surface area contributed by atoms with Gasteiger partial charge >= 0.3 is 0 Å². The Kier molecular flexibility index (Phi) is 2.92. The van der Waals surface area contributed by atoms with Gasteiger partial charge in [-0.05, 0) is 0 Å².